The summed E-state index contributed by atoms with van der Waals surface area (Å²) in [4.78, 5) is 13.9. The number of halogens is 1. The Labute approximate surface area is 101 Å². The number of rotatable bonds is 6. The van der Waals surface area contributed by atoms with E-state index in [1.54, 1.807) is 6.07 Å². The molecule has 0 aliphatic rings. The number of likely N-dealkylation sites (N-methyl/N-ethyl adjacent to an activating group) is 1. The topological polar surface area (TPSA) is 29.5 Å². The fourth-order valence-electron chi connectivity index (χ4n) is 1.58. The fraction of sp³-hybridized carbons (Fsp3) is 0.462. The van der Waals surface area contributed by atoms with Gasteiger partial charge in [-0.25, -0.2) is 4.39 Å². The van der Waals surface area contributed by atoms with E-state index in [9.17, 15) is 9.18 Å². The number of ketones is 1. The van der Waals surface area contributed by atoms with Crippen LogP contribution in [0.25, 0.3) is 0 Å². The van der Waals surface area contributed by atoms with Gasteiger partial charge in [0.25, 0.3) is 0 Å². The SMILES string of the molecule is CCN(CC)CC(=O)c1ccc(OC)c(F)c1. The van der Waals surface area contributed by atoms with Gasteiger partial charge in [0.05, 0.1) is 13.7 Å². The molecule has 0 aliphatic carbocycles. The molecule has 4 heteroatoms. The molecule has 17 heavy (non-hydrogen) atoms. The molecule has 0 radical (unpaired) electrons. The molecule has 94 valence electrons. The molecule has 0 spiro atoms. The predicted molar refractivity (Wildman–Crippen MR) is 65.1 cm³/mol. The van der Waals surface area contributed by atoms with Crippen LogP contribution in [-0.4, -0.2) is 37.4 Å². The third-order valence-electron chi connectivity index (χ3n) is 2.74. The Kier molecular flexibility index (Phi) is 5.10. The minimum absolute atomic E-state index is 0.0738. The number of benzene rings is 1. The zero-order valence-corrected chi connectivity index (χ0v) is 10.5. The first kappa shape index (κ1) is 13.6. The summed E-state index contributed by atoms with van der Waals surface area (Å²) in [5.74, 6) is -0.419. The Morgan fingerprint density at radius 1 is 1.35 bits per heavy atom. The minimum Gasteiger partial charge on any atom is -0.494 e. The number of Topliss-reactive ketones (excluding diaryl/α,β-unsaturated/α-hetero) is 1. The number of carbonyl (C=O) groups is 1. The van der Waals surface area contributed by atoms with E-state index in [2.05, 4.69) is 0 Å². The van der Waals surface area contributed by atoms with Crippen molar-refractivity contribution in [1.82, 2.24) is 4.90 Å². The van der Waals surface area contributed by atoms with Crippen LogP contribution in [0.15, 0.2) is 18.2 Å². The summed E-state index contributed by atoms with van der Waals surface area (Å²) in [6.07, 6.45) is 0. The monoisotopic (exact) mass is 239 g/mol. The quantitative estimate of drug-likeness (QED) is 0.714. The van der Waals surface area contributed by atoms with Gasteiger partial charge < -0.3 is 4.74 Å². The molecule has 1 aromatic carbocycles. The molecular weight excluding hydrogens is 221 g/mol. The van der Waals surface area contributed by atoms with Crippen LogP contribution in [0.3, 0.4) is 0 Å². The highest BCUT2D eigenvalue weighted by Crippen LogP contribution is 2.18. The van der Waals surface area contributed by atoms with Crippen molar-refractivity contribution in [2.24, 2.45) is 0 Å². The summed E-state index contributed by atoms with van der Waals surface area (Å²) in [5, 5.41) is 0. The normalized spacial score (nSPS) is 10.6. The van der Waals surface area contributed by atoms with Crippen LogP contribution in [0.5, 0.6) is 5.75 Å². The van der Waals surface area contributed by atoms with Crippen LogP contribution in [0.4, 0.5) is 4.39 Å². The second-order valence-electron chi connectivity index (χ2n) is 3.73. The number of hydrogen-bond donors (Lipinski definition) is 0. The van der Waals surface area contributed by atoms with E-state index in [0.717, 1.165) is 13.1 Å². The largest absolute Gasteiger partial charge is 0.494 e. The number of hydrogen-bond acceptors (Lipinski definition) is 3. The molecule has 0 saturated heterocycles. The first-order valence-electron chi connectivity index (χ1n) is 5.71. The number of carbonyl (C=O) groups excluding carboxylic acids is 1. The Hall–Kier alpha value is -1.42. The molecule has 0 saturated carbocycles. The van der Waals surface area contributed by atoms with Crippen LogP contribution in [0.2, 0.25) is 0 Å². The van der Waals surface area contributed by atoms with Crippen LogP contribution >= 0.6 is 0 Å². The van der Waals surface area contributed by atoms with Crippen molar-refractivity contribution in [2.75, 3.05) is 26.7 Å². The minimum atomic E-state index is -0.502. The van der Waals surface area contributed by atoms with Gasteiger partial charge in [0, 0.05) is 5.56 Å². The van der Waals surface area contributed by atoms with Crippen LogP contribution in [-0.2, 0) is 0 Å². The molecule has 0 N–H and O–H groups in total. The highest BCUT2D eigenvalue weighted by atomic mass is 19.1. The third kappa shape index (κ3) is 3.53. The molecule has 1 aromatic rings. The Morgan fingerprint density at radius 2 is 2.00 bits per heavy atom. The second-order valence-corrected chi connectivity index (χ2v) is 3.73. The maximum absolute atomic E-state index is 13.4. The van der Waals surface area contributed by atoms with E-state index < -0.39 is 5.82 Å². The zero-order chi connectivity index (χ0) is 12.8. The average Bonchev–Trinajstić information content (AvgIpc) is 2.35. The molecule has 0 bridgehead atoms. The molecule has 3 nitrogen and oxygen atoms in total. The van der Waals surface area contributed by atoms with Gasteiger partial charge in [0.2, 0.25) is 0 Å². The lowest BCUT2D eigenvalue weighted by atomic mass is 10.1. The van der Waals surface area contributed by atoms with Crippen LogP contribution in [0, 0.1) is 5.82 Å². The lowest BCUT2D eigenvalue weighted by molar-refractivity contribution is 0.0937. The van der Waals surface area contributed by atoms with E-state index in [-0.39, 0.29) is 11.5 Å². The molecule has 0 unspecified atom stereocenters. The van der Waals surface area contributed by atoms with E-state index in [1.165, 1.54) is 19.2 Å². The van der Waals surface area contributed by atoms with Crippen LogP contribution < -0.4 is 4.74 Å². The van der Waals surface area contributed by atoms with Crippen LogP contribution in [0.1, 0.15) is 24.2 Å². The van der Waals surface area contributed by atoms with Gasteiger partial charge in [-0.3, -0.25) is 9.69 Å². The fourth-order valence-corrected chi connectivity index (χ4v) is 1.58. The summed E-state index contributed by atoms with van der Waals surface area (Å²) < 4.78 is 18.2. The number of methoxy groups -OCH3 is 1. The zero-order valence-electron chi connectivity index (χ0n) is 10.5. The van der Waals surface area contributed by atoms with Gasteiger partial charge in [-0.05, 0) is 31.3 Å². The maximum Gasteiger partial charge on any atom is 0.176 e. The van der Waals surface area contributed by atoms with Gasteiger partial charge >= 0.3 is 0 Å². The summed E-state index contributed by atoms with van der Waals surface area (Å²) >= 11 is 0. The van der Waals surface area contributed by atoms with Crippen molar-refractivity contribution in [1.29, 1.82) is 0 Å². The molecule has 0 atom stereocenters. The first-order valence-corrected chi connectivity index (χ1v) is 5.71. The van der Waals surface area contributed by atoms with Gasteiger partial charge in [0.15, 0.2) is 17.3 Å². The molecule has 0 heterocycles. The van der Waals surface area contributed by atoms with Gasteiger partial charge in [-0.15, -0.1) is 0 Å². The molecular formula is C13H18FNO2. The molecule has 0 fully saturated rings. The first-order chi connectivity index (χ1) is 8.12. The van der Waals surface area contributed by atoms with Crippen molar-refractivity contribution in [2.45, 2.75) is 13.8 Å². The highest BCUT2D eigenvalue weighted by molar-refractivity contribution is 5.97. The van der Waals surface area contributed by atoms with E-state index in [4.69, 9.17) is 4.74 Å². The standard InChI is InChI=1S/C13H18FNO2/c1-4-15(5-2)9-12(16)10-6-7-13(17-3)11(14)8-10/h6-8H,4-5,9H2,1-3H3. The third-order valence-corrected chi connectivity index (χ3v) is 2.74. The molecule has 0 aromatic heterocycles. The summed E-state index contributed by atoms with van der Waals surface area (Å²) in [6, 6.07) is 4.29. The summed E-state index contributed by atoms with van der Waals surface area (Å²) in [7, 11) is 1.40. The van der Waals surface area contributed by atoms with Crippen molar-refractivity contribution in [3.8, 4) is 5.75 Å². The Morgan fingerprint density at radius 3 is 2.47 bits per heavy atom. The average molecular weight is 239 g/mol. The maximum atomic E-state index is 13.4. The molecule has 0 amide bonds. The van der Waals surface area contributed by atoms with E-state index in [1.807, 2.05) is 18.7 Å². The number of nitrogens with zero attached hydrogens (tertiary/aromatic N) is 1. The molecule has 1 rings (SSSR count). The van der Waals surface area contributed by atoms with Crippen molar-refractivity contribution < 1.29 is 13.9 Å². The number of ether oxygens (including phenoxy) is 1. The predicted octanol–water partition coefficient (Wildman–Crippen LogP) is 2.36. The highest BCUT2D eigenvalue weighted by Gasteiger charge is 2.12. The van der Waals surface area contributed by atoms with E-state index >= 15 is 0 Å². The summed E-state index contributed by atoms with van der Waals surface area (Å²) in [6.45, 7) is 5.91. The van der Waals surface area contributed by atoms with Gasteiger partial charge in [0.1, 0.15) is 0 Å². The van der Waals surface area contributed by atoms with Crippen molar-refractivity contribution in [3.63, 3.8) is 0 Å². The van der Waals surface area contributed by atoms with Crippen molar-refractivity contribution in [3.05, 3.63) is 29.6 Å². The second kappa shape index (κ2) is 6.35. The Balaban J connectivity index is 2.79. The Bertz CT molecular complexity index is 389. The van der Waals surface area contributed by atoms with Gasteiger partial charge in [-0.2, -0.15) is 0 Å². The lowest BCUT2D eigenvalue weighted by Gasteiger charge is -2.16. The van der Waals surface area contributed by atoms with E-state index in [0.29, 0.717) is 12.1 Å². The smallest absolute Gasteiger partial charge is 0.176 e. The lowest BCUT2D eigenvalue weighted by Crippen LogP contribution is -2.29. The van der Waals surface area contributed by atoms with Gasteiger partial charge in [-0.1, -0.05) is 13.8 Å². The molecule has 0 aliphatic heterocycles. The van der Waals surface area contributed by atoms with Crippen molar-refractivity contribution >= 4 is 5.78 Å². The summed E-state index contributed by atoms with van der Waals surface area (Å²) in [5.41, 5.74) is 0.384.